The van der Waals surface area contributed by atoms with Gasteiger partial charge in [-0.25, -0.2) is 4.98 Å². The topological polar surface area (TPSA) is 42.0 Å². The third-order valence-electron chi connectivity index (χ3n) is 4.77. The quantitative estimate of drug-likeness (QED) is 0.500. The van der Waals surface area contributed by atoms with E-state index in [1.54, 1.807) is 0 Å². The maximum atomic E-state index is 12.7. The minimum Gasteiger partial charge on any atom is -0.349 e. The van der Waals surface area contributed by atoms with Crippen molar-refractivity contribution in [2.75, 3.05) is 0 Å². The molecule has 1 atom stereocenters. The molecule has 136 valence electrons. The molecule has 1 unspecified atom stereocenters. The second-order valence-electron chi connectivity index (χ2n) is 7.09. The SMILES string of the molecule is Cc1ccc2nc3sc(C(=O)NC(C)CCc4ccccc4)cc3cc2c1. The van der Waals surface area contributed by atoms with Gasteiger partial charge in [-0.3, -0.25) is 4.79 Å². The number of pyridine rings is 1. The summed E-state index contributed by atoms with van der Waals surface area (Å²) in [7, 11) is 0. The largest absolute Gasteiger partial charge is 0.349 e. The molecule has 0 aliphatic rings. The van der Waals surface area contributed by atoms with Crippen LogP contribution >= 0.6 is 11.3 Å². The lowest BCUT2D eigenvalue weighted by atomic mass is 10.1. The predicted octanol–water partition coefficient (Wildman–Crippen LogP) is 5.51. The molecule has 4 aromatic rings. The van der Waals surface area contributed by atoms with Crippen molar-refractivity contribution in [3.05, 3.63) is 76.7 Å². The summed E-state index contributed by atoms with van der Waals surface area (Å²) in [6.45, 7) is 4.14. The Labute approximate surface area is 163 Å². The van der Waals surface area contributed by atoms with E-state index in [9.17, 15) is 4.79 Å². The van der Waals surface area contributed by atoms with Crippen LogP contribution in [0.3, 0.4) is 0 Å². The molecule has 0 spiro atoms. The smallest absolute Gasteiger partial charge is 0.261 e. The van der Waals surface area contributed by atoms with Gasteiger partial charge in [0.05, 0.1) is 10.4 Å². The summed E-state index contributed by atoms with van der Waals surface area (Å²) in [5, 5.41) is 5.26. The van der Waals surface area contributed by atoms with Crippen LogP contribution in [-0.4, -0.2) is 16.9 Å². The summed E-state index contributed by atoms with van der Waals surface area (Å²) in [6, 6.07) is 20.8. The Hall–Kier alpha value is -2.72. The van der Waals surface area contributed by atoms with Gasteiger partial charge >= 0.3 is 0 Å². The lowest BCUT2D eigenvalue weighted by Gasteiger charge is -2.13. The molecular weight excluding hydrogens is 352 g/mol. The lowest BCUT2D eigenvalue weighted by Crippen LogP contribution is -2.32. The molecule has 3 nitrogen and oxygen atoms in total. The first kappa shape index (κ1) is 17.7. The van der Waals surface area contributed by atoms with Crippen LogP contribution in [-0.2, 0) is 6.42 Å². The normalized spacial score (nSPS) is 12.4. The highest BCUT2D eigenvalue weighted by Gasteiger charge is 2.14. The van der Waals surface area contributed by atoms with E-state index in [0.717, 1.165) is 38.8 Å². The third-order valence-corrected chi connectivity index (χ3v) is 5.81. The van der Waals surface area contributed by atoms with Gasteiger partial charge in [0.15, 0.2) is 0 Å². The van der Waals surface area contributed by atoms with Crippen molar-refractivity contribution in [2.45, 2.75) is 32.7 Å². The molecule has 1 N–H and O–H groups in total. The van der Waals surface area contributed by atoms with Crippen molar-refractivity contribution in [1.29, 1.82) is 0 Å². The van der Waals surface area contributed by atoms with Gasteiger partial charge in [-0.15, -0.1) is 11.3 Å². The number of carbonyl (C=O) groups excluding carboxylic acids is 1. The molecule has 0 bridgehead atoms. The predicted molar refractivity (Wildman–Crippen MR) is 114 cm³/mol. The molecule has 4 heteroatoms. The van der Waals surface area contributed by atoms with Gasteiger partial charge in [-0.1, -0.05) is 42.0 Å². The fourth-order valence-electron chi connectivity index (χ4n) is 3.26. The van der Waals surface area contributed by atoms with E-state index in [2.05, 4.69) is 49.5 Å². The molecule has 0 fully saturated rings. The van der Waals surface area contributed by atoms with Crippen LogP contribution in [0.1, 0.15) is 34.1 Å². The van der Waals surface area contributed by atoms with Gasteiger partial charge < -0.3 is 5.32 Å². The first-order chi connectivity index (χ1) is 13.1. The minimum absolute atomic E-state index is 0.0150. The standard InChI is InChI=1S/C23H22N2OS/c1-15-8-11-20-18(12-15)13-19-14-21(27-23(19)25-20)22(26)24-16(2)9-10-17-6-4-3-5-7-17/h3-8,11-14,16H,9-10H2,1-2H3,(H,24,26). The zero-order valence-corrected chi connectivity index (χ0v) is 16.3. The van der Waals surface area contributed by atoms with E-state index in [1.807, 2.05) is 30.3 Å². The number of amides is 1. The Balaban J connectivity index is 1.47. The van der Waals surface area contributed by atoms with E-state index in [4.69, 9.17) is 4.98 Å². The van der Waals surface area contributed by atoms with E-state index in [0.29, 0.717) is 0 Å². The Morgan fingerprint density at radius 1 is 1.07 bits per heavy atom. The summed E-state index contributed by atoms with van der Waals surface area (Å²) >= 11 is 1.46. The van der Waals surface area contributed by atoms with Gasteiger partial charge in [-0.2, -0.15) is 0 Å². The number of hydrogen-bond donors (Lipinski definition) is 1. The van der Waals surface area contributed by atoms with Crippen molar-refractivity contribution < 1.29 is 4.79 Å². The number of benzene rings is 2. The molecule has 1 amide bonds. The van der Waals surface area contributed by atoms with E-state index < -0.39 is 0 Å². The van der Waals surface area contributed by atoms with Crippen molar-refractivity contribution in [3.63, 3.8) is 0 Å². The first-order valence-corrected chi connectivity index (χ1v) is 10.1. The van der Waals surface area contributed by atoms with E-state index in [1.165, 1.54) is 22.5 Å². The molecule has 2 heterocycles. The van der Waals surface area contributed by atoms with Crippen molar-refractivity contribution in [1.82, 2.24) is 10.3 Å². The highest BCUT2D eigenvalue weighted by molar-refractivity contribution is 7.20. The number of thiophene rings is 1. The zero-order valence-electron chi connectivity index (χ0n) is 15.5. The van der Waals surface area contributed by atoms with Crippen molar-refractivity contribution >= 4 is 38.4 Å². The fraction of sp³-hybridized carbons (Fsp3) is 0.217. The number of nitrogens with one attached hydrogen (secondary N) is 1. The number of hydrogen-bond acceptors (Lipinski definition) is 3. The van der Waals surface area contributed by atoms with Gasteiger partial charge in [0, 0.05) is 16.8 Å². The Morgan fingerprint density at radius 3 is 2.70 bits per heavy atom. The summed E-state index contributed by atoms with van der Waals surface area (Å²) in [6.07, 6.45) is 1.88. The molecule has 0 saturated carbocycles. The Bertz CT molecular complexity index is 1100. The average Bonchev–Trinajstić information content (AvgIpc) is 3.08. The van der Waals surface area contributed by atoms with Crippen LogP contribution in [0.25, 0.3) is 21.1 Å². The average molecular weight is 375 g/mol. The van der Waals surface area contributed by atoms with Crippen LogP contribution in [0.5, 0.6) is 0 Å². The molecule has 0 saturated heterocycles. The van der Waals surface area contributed by atoms with E-state index in [-0.39, 0.29) is 11.9 Å². The summed E-state index contributed by atoms with van der Waals surface area (Å²) in [4.78, 5) is 19.0. The molecule has 27 heavy (non-hydrogen) atoms. The maximum absolute atomic E-state index is 12.7. The second-order valence-corrected chi connectivity index (χ2v) is 8.12. The Morgan fingerprint density at radius 2 is 1.89 bits per heavy atom. The highest BCUT2D eigenvalue weighted by atomic mass is 32.1. The van der Waals surface area contributed by atoms with Crippen LogP contribution in [0, 0.1) is 6.92 Å². The molecule has 2 aromatic carbocycles. The van der Waals surface area contributed by atoms with Gasteiger partial charge in [0.1, 0.15) is 4.83 Å². The summed E-state index contributed by atoms with van der Waals surface area (Å²) in [5.41, 5.74) is 3.48. The monoisotopic (exact) mass is 374 g/mol. The zero-order chi connectivity index (χ0) is 18.8. The number of aryl methyl sites for hydroxylation is 2. The van der Waals surface area contributed by atoms with E-state index >= 15 is 0 Å². The number of aromatic nitrogens is 1. The number of fused-ring (bicyclic) bond motifs is 2. The fourth-order valence-corrected chi connectivity index (χ4v) is 4.19. The minimum atomic E-state index is -0.0150. The summed E-state index contributed by atoms with van der Waals surface area (Å²) < 4.78 is 0. The molecule has 2 aromatic heterocycles. The number of nitrogens with zero attached hydrogens (tertiary/aromatic N) is 1. The van der Waals surface area contributed by atoms with Gasteiger partial charge in [0.25, 0.3) is 5.91 Å². The van der Waals surface area contributed by atoms with Crippen LogP contribution in [0.4, 0.5) is 0 Å². The molecule has 0 aliphatic carbocycles. The highest BCUT2D eigenvalue weighted by Crippen LogP contribution is 2.28. The molecule has 4 rings (SSSR count). The van der Waals surface area contributed by atoms with Crippen LogP contribution < -0.4 is 5.32 Å². The van der Waals surface area contributed by atoms with Crippen LogP contribution in [0.2, 0.25) is 0 Å². The van der Waals surface area contributed by atoms with Crippen molar-refractivity contribution in [3.8, 4) is 0 Å². The number of rotatable bonds is 5. The molecule has 0 radical (unpaired) electrons. The Kier molecular flexibility index (Phi) is 4.90. The molecule has 0 aliphatic heterocycles. The third kappa shape index (κ3) is 4.01. The van der Waals surface area contributed by atoms with Crippen LogP contribution in [0.15, 0.2) is 60.7 Å². The van der Waals surface area contributed by atoms with Gasteiger partial charge in [-0.05, 0) is 56.5 Å². The maximum Gasteiger partial charge on any atom is 0.261 e. The van der Waals surface area contributed by atoms with Gasteiger partial charge in [0.2, 0.25) is 0 Å². The molecular formula is C23H22N2OS. The number of carbonyl (C=O) groups is 1. The first-order valence-electron chi connectivity index (χ1n) is 9.24. The second kappa shape index (κ2) is 7.49. The van der Waals surface area contributed by atoms with Crippen molar-refractivity contribution in [2.24, 2.45) is 0 Å². The lowest BCUT2D eigenvalue weighted by molar-refractivity contribution is 0.0942. The summed E-state index contributed by atoms with van der Waals surface area (Å²) in [5.74, 6) is -0.0150.